The smallest absolute Gasteiger partial charge is 0.0506 e. The van der Waals surface area contributed by atoms with Gasteiger partial charge in [-0.3, -0.25) is 0 Å². The Kier molecular flexibility index (Phi) is 3.82. The second-order valence-corrected chi connectivity index (χ2v) is 4.95. The molecule has 2 atom stereocenters. The van der Waals surface area contributed by atoms with Crippen molar-refractivity contribution in [1.29, 1.82) is 0 Å². The molecule has 1 aliphatic heterocycles. The first-order chi connectivity index (χ1) is 6.86. The van der Waals surface area contributed by atoms with Crippen molar-refractivity contribution in [3.63, 3.8) is 0 Å². The van der Waals surface area contributed by atoms with E-state index in [4.69, 9.17) is 4.74 Å². The molecule has 1 saturated heterocycles. The zero-order valence-corrected chi connectivity index (χ0v) is 9.30. The molecule has 1 aliphatic carbocycles. The van der Waals surface area contributed by atoms with Crippen molar-refractivity contribution < 1.29 is 4.74 Å². The fraction of sp³-hybridized carbons (Fsp3) is 1.00. The molecule has 82 valence electrons. The van der Waals surface area contributed by atoms with Gasteiger partial charge in [-0.05, 0) is 25.2 Å². The third-order valence-corrected chi connectivity index (χ3v) is 3.70. The second-order valence-electron chi connectivity index (χ2n) is 4.95. The number of nitrogens with one attached hydrogen (secondary N) is 1. The number of hydrogen-bond acceptors (Lipinski definition) is 2. The van der Waals surface area contributed by atoms with Crippen LogP contribution in [0.2, 0.25) is 0 Å². The minimum atomic E-state index is 0.700. The minimum absolute atomic E-state index is 0.700. The van der Waals surface area contributed by atoms with Crippen molar-refractivity contribution in [2.75, 3.05) is 13.2 Å². The van der Waals surface area contributed by atoms with Crippen molar-refractivity contribution in [2.45, 2.75) is 57.5 Å². The van der Waals surface area contributed by atoms with Crippen LogP contribution in [0.5, 0.6) is 0 Å². The quantitative estimate of drug-likeness (QED) is 0.733. The van der Waals surface area contributed by atoms with Gasteiger partial charge in [-0.25, -0.2) is 0 Å². The summed E-state index contributed by atoms with van der Waals surface area (Å²) in [5, 5.41) is 3.83. The van der Waals surface area contributed by atoms with Crippen molar-refractivity contribution in [3.8, 4) is 0 Å². The van der Waals surface area contributed by atoms with Gasteiger partial charge in [0.15, 0.2) is 0 Å². The lowest BCUT2D eigenvalue weighted by Crippen LogP contribution is -2.46. The maximum Gasteiger partial charge on any atom is 0.0506 e. The number of ether oxygens (including phenoxy) is 1. The fourth-order valence-electron chi connectivity index (χ4n) is 2.70. The van der Waals surface area contributed by atoms with Crippen LogP contribution in [-0.2, 0) is 4.74 Å². The highest BCUT2D eigenvalue weighted by Crippen LogP contribution is 2.21. The highest BCUT2D eigenvalue weighted by atomic mass is 16.5. The Morgan fingerprint density at radius 3 is 2.57 bits per heavy atom. The van der Waals surface area contributed by atoms with Crippen molar-refractivity contribution in [3.05, 3.63) is 0 Å². The van der Waals surface area contributed by atoms with E-state index in [9.17, 15) is 0 Å². The Bertz CT molecular complexity index is 166. The molecule has 1 heterocycles. The summed E-state index contributed by atoms with van der Waals surface area (Å²) in [6.07, 6.45) is 8.29. The van der Waals surface area contributed by atoms with Crippen LogP contribution in [-0.4, -0.2) is 25.3 Å². The average molecular weight is 197 g/mol. The Morgan fingerprint density at radius 2 is 1.86 bits per heavy atom. The molecule has 0 spiro atoms. The first kappa shape index (κ1) is 10.4. The molecule has 0 aromatic rings. The van der Waals surface area contributed by atoms with Crippen LogP contribution in [0.15, 0.2) is 0 Å². The van der Waals surface area contributed by atoms with E-state index in [1.54, 1.807) is 0 Å². The molecule has 2 heteroatoms. The first-order valence-corrected chi connectivity index (χ1v) is 6.20. The zero-order chi connectivity index (χ0) is 9.80. The molecule has 0 aromatic heterocycles. The van der Waals surface area contributed by atoms with E-state index in [1.165, 1.54) is 38.5 Å². The highest BCUT2D eigenvalue weighted by Gasteiger charge is 2.24. The molecule has 2 rings (SSSR count). The molecule has 0 radical (unpaired) electrons. The summed E-state index contributed by atoms with van der Waals surface area (Å²) in [5.41, 5.74) is 0. The minimum Gasteiger partial charge on any atom is -0.381 e. The van der Waals surface area contributed by atoms with Gasteiger partial charge in [0.1, 0.15) is 0 Å². The summed E-state index contributed by atoms with van der Waals surface area (Å²) < 4.78 is 5.46. The fourth-order valence-corrected chi connectivity index (χ4v) is 2.70. The maximum absolute atomic E-state index is 5.46. The van der Waals surface area contributed by atoms with Crippen LogP contribution in [0.1, 0.15) is 45.4 Å². The van der Waals surface area contributed by atoms with Gasteiger partial charge in [-0.1, -0.05) is 26.2 Å². The van der Waals surface area contributed by atoms with Gasteiger partial charge >= 0.3 is 0 Å². The average Bonchev–Trinajstić information content (AvgIpc) is 2.23. The summed E-state index contributed by atoms with van der Waals surface area (Å²) >= 11 is 0. The molecule has 0 bridgehead atoms. The molecular weight excluding hydrogens is 174 g/mol. The van der Waals surface area contributed by atoms with E-state index in [2.05, 4.69) is 12.2 Å². The monoisotopic (exact) mass is 197 g/mol. The largest absolute Gasteiger partial charge is 0.381 e. The summed E-state index contributed by atoms with van der Waals surface area (Å²) in [6, 6.07) is 1.51. The molecule has 2 unspecified atom stereocenters. The summed E-state index contributed by atoms with van der Waals surface area (Å²) in [7, 11) is 0. The predicted octanol–water partition coefficient (Wildman–Crippen LogP) is 2.33. The molecule has 2 aliphatic rings. The van der Waals surface area contributed by atoms with Crippen LogP contribution in [0.4, 0.5) is 0 Å². The van der Waals surface area contributed by atoms with Crippen LogP contribution in [0, 0.1) is 5.92 Å². The van der Waals surface area contributed by atoms with E-state index < -0.39 is 0 Å². The lowest BCUT2D eigenvalue weighted by atomic mass is 9.91. The zero-order valence-electron chi connectivity index (χ0n) is 9.30. The molecule has 0 aromatic carbocycles. The summed E-state index contributed by atoms with van der Waals surface area (Å²) in [4.78, 5) is 0. The van der Waals surface area contributed by atoms with E-state index in [0.717, 1.165) is 19.3 Å². The van der Waals surface area contributed by atoms with Gasteiger partial charge < -0.3 is 10.1 Å². The topological polar surface area (TPSA) is 21.3 Å². The van der Waals surface area contributed by atoms with Gasteiger partial charge in [0, 0.05) is 18.7 Å². The molecular formula is C12H23NO. The van der Waals surface area contributed by atoms with Crippen LogP contribution >= 0.6 is 0 Å². The van der Waals surface area contributed by atoms with Crippen molar-refractivity contribution in [2.24, 2.45) is 5.92 Å². The molecule has 1 N–H and O–H groups in total. The summed E-state index contributed by atoms with van der Waals surface area (Å²) in [6.45, 7) is 4.21. The van der Waals surface area contributed by atoms with Crippen LogP contribution < -0.4 is 5.32 Å². The van der Waals surface area contributed by atoms with Gasteiger partial charge in [0.2, 0.25) is 0 Å². The number of rotatable bonds is 2. The van der Waals surface area contributed by atoms with Crippen molar-refractivity contribution >= 4 is 0 Å². The Morgan fingerprint density at radius 1 is 1.07 bits per heavy atom. The SMILES string of the molecule is CC1COCCC1NC1CCCCC1. The molecule has 0 amide bonds. The lowest BCUT2D eigenvalue weighted by Gasteiger charge is -2.34. The third-order valence-electron chi connectivity index (χ3n) is 3.70. The third kappa shape index (κ3) is 2.71. The Balaban J connectivity index is 1.76. The van der Waals surface area contributed by atoms with Crippen molar-refractivity contribution in [1.82, 2.24) is 5.32 Å². The first-order valence-electron chi connectivity index (χ1n) is 6.20. The van der Waals surface area contributed by atoms with Gasteiger partial charge in [-0.2, -0.15) is 0 Å². The van der Waals surface area contributed by atoms with E-state index in [0.29, 0.717) is 12.0 Å². The van der Waals surface area contributed by atoms with Gasteiger partial charge in [-0.15, -0.1) is 0 Å². The standard InChI is InChI=1S/C12H23NO/c1-10-9-14-8-7-12(10)13-11-5-3-2-4-6-11/h10-13H,2-9H2,1H3. The Labute approximate surface area is 87.4 Å². The molecule has 14 heavy (non-hydrogen) atoms. The molecule has 2 fully saturated rings. The maximum atomic E-state index is 5.46. The van der Waals surface area contributed by atoms with Gasteiger partial charge in [0.05, 0.1) is 6.61 Å². The van der Waals surface area contributed by atoms with Crippen LogP contribution in [0.25, 0.3) is 0 Å². The van der Waals surface area contributed by atoms with E-state index >= 15 is 0 Å². The molecule has 2 nitrogen and oxygen atoms in total. The lowest BCUT2D eigenvalue weighted by molar-refractivity contribution is 0.0343. The number of hydrogen-bond donors (Lipinski definition) is 1. The van der Waals surface area contributed by atoms with Crippen LogP contribution in [0.3, 0.4) is 0 Å². The van der Waals surface area contributed by atoms with E-state index in [-0.39, 0.29) is 0 Å². The second kappa shape index (κ2) is 5.13. The predicted molar refractivity (Wildman–Crippen MR) is 58.4 cm³/mol. The molecule has 1 saturated carbocycles. The van der Waals surface area contributed by atoms with Gasteiger partial charge in [0.25, 0.3) is 0 Å². The summed E-state index contributed by atoms with van der Waals surface area (Å²) in [5.74, 6) is 0.700. The Hall–Kier alpha value is -0.0800. The van der Waals surface area contributed by atoms with E-state index in [1.807, 2.05) is 0 Å². The highest BCUT2D eigenvalue weighted by molar-refractivity contribution is 4.82. The normalized spacial score (nSPS) is 35.8.